The molecule has 0 radical (unpaired) electrons. The lowest BCUT2D eigenvalue weighted by Gasteiger charge is -2.07. The minimum absolute atomic E-state index is 0.250. The number of hydrogen-bond acceptors (Lipinski definition) is 3. The van der Waals surface area contributed by atoms with Crippen LogP contribution >= 0.6 is 23.2 Å². The van der Waals surface area contributed by atoms with Crippen LogP contribution in [0.25, 0.3) is 0 Å². The monoisotopic (exact) mass is 259 g/mol. The number of halogens is 2. The van der Waals surface area contributed by atoms with Crippen LogP contribution in [-0.4, -0.2) is 23.8 Å². The smallest absolute Gasteiger partial charge is 0.163 e. The molecule has 0 spiro atoms. The van der Waals surface area contributed by atoms with Crippen molar-refractivity contribution in [2.75, 3.05) is 7.11 Å². The number of hydrogen-bond donors (Lipinski definition) is 0. The van der Waals surface area contributed by atoms with Crippen LogP contribution in [0.5, 0.6) is 5.75 Å². The summed E-state index contributed by atoms with van der Waals surface area (Å²) < 4.78 is 5.08. The van der Waals surface area contributed by atoms with Gasteiger partial charge in [0, 0.05) is 6.42 Å². The second-order valence-electron chi connectivity index (χ2n) is 3.45. The summed E-state index contributed by atoms with van der Waals surface area (Å²) >= 11 is 11.5. The van der Waals surface area contributed by atoms with E-state index in [2.05, 4.69) is 5.16 Å². The van der Waals surface area contributed by atoms with Crippen LogP contribution in [0, 0.1) is 0 Å². The number of methoxy groups -OCH3 is 1. The molecule has 86 valence electrons. The fraction of sp³-hybridized carbons (Fsp3) is 0.364. The van der Waals surface area contributed by atoms with E-state index < -0.39 is 4.84 Å². The number of benzene rings is 1. The van der Waals surface area contributed by atoms with E-state index in [0.717, 1.165) is 17.0 Å². The van der Waals surface area contributed by atoms with Crippen LogP contribution in [0.4, 0.5) is 0 Å². The van der Waals surface area contributed by atoms with Crippen molar-refractivity contribution in [2.45, 2.75) is 17.4 Å². The van der Waals surface area contributed by atoms with Gasteiger partial charge in [-0.1, -0.05) is 5.16 Å². The maximum atomic E-state index is 5.73. The molecule has 5 heteroatoms. The largest absolute Gasteiger partial charge is 0.497 e. The molecule has 0 aliphatic carbocycles. The summed E-state index contributed by atoms with van der Waals surface area (Å²) in [5, 5.41) is 3.97. The Balaban J connectivity index is 2.08. The lowest BCUT2D eigenvalue weighted by atomic mass is 10.1. The highest BCUT2D eigenvalue weighted by molar-refractivity contribution is 6.44. The minimum atomic E-state index is -0.556. The van der Waals surface area contributed by atoms with Gasteiger partial charge in [0.2, 0.25) is 0 Å². The van der Waals surface area contributed by atoms with Crippen molar-refractivity contribution in [3.63, 3.8) is 0 Å². The van der Waals surface area contributed by atoms with Crippen LogP contribution in [0.15, 0.2) is 29.4 Å². The van der Waals surface area contributed by atoms with Crippen LogP contribution in [0.3, 0.4) is 0 Å². The third kappa shape index (κ3) is 2.42. The van der Waals surface area contributed by atoms with E-state index in [-0.39, 0.29) is 6.10 Å². The summed E-state index contributed by atoms with van der Waals surface area (Å²) in [5.41, 5.74) is 1.86. The van der Waals surface area contributed by atoms with Crippen molar-refractivity contribution in [1.29, 1.82) is 0 Å². The molecule has 0 fully saturated rings. The van der Waals surface area contributed by atoms with Crippen molar-refractivity contribution in [2.24, 2.45) is 5.16 Å². The standard InChI is InChI=1S/C11H11Cl2NO2/c1-15-8-4-2-7(3-5-8)9-6-10(11(12)13)16-14-9/h2-5,10-11H,6H2,1H3. The normalized spacial score (nSPS) is 19.5. The molecule has 1 unspecified atom stereocenters. The molecule has 1 aliphatic heterocycles. The fourth-order valence-electron chi connectivity index (χ4n) is 1.49. The molecular weight excluding hydrogens is 249 g/mol. The summed E-state index contributed by atoms with van der Waals surface area (Å²) in [6.45, 7) is 0. The lowest BCUT2D eigenvalue weighted by Crippen LogP contribution is -2.16. The van der Waals surface area contributed by atoms with Crippen LogP contribution in [0.1, 0.15) is 12.0 Å². The van der Waals surface area contributed by atoms with Gasteiger partial charge in [-0.05, 0) is 29.8 Å². The molecule has 0 bridgehead atoms. The Morgan fingerprint density at radius 2 is 2.06 bits per heavy atom. The van der Waals surface area contributed by atoms with E-state index >= 15 is 0 Å². The first-order valence-electron chi connectivity index (χ1n) is 4.86. The molecule has 1 aromatic rings. The van der Waals surface area contributed by atoms with Gasteiger partial charge in [0.05, 0.1) is 12.8 Å². The molecule has 2 rings (SSSR count). The number of ether oxygens (including phenoxy) is 1. The van der Waals surface area contributed by atoms with Gasteiger partial charge in [-0.2, -0.15) is 0 Å². The topological polar surface area (TPSA) is 30.8 Å². The molecule has 0 N–H and O–H groups in total. The average Bonchev–Trinajstić information content (AvgIpc) is 2.78. The van der Waals surface area contributed by atoms with Gasteiger partial charge >= 0.3 is 0 Å². The Morgan fingerprint density at radius 1 is 1.38 bits per heavy atom. The quantitative estimate of drug-likeness (QED) is 0.782. The Labute approximate surface area is 104 Å². The van der Waals surface area contributed by atoms with E-state index in [1.165, 1.54) is 0 Å². The van der Waals surface area contributed by atoms with Crippen molar-refractivity contribution < 1.29 is 9.57 Å². The van der Waals surface area contributed by atoms with E-state index in [1.807, 2.05) is 24.3 Å². The zero-order chi connectivity index (χ0) is 11.5. The first kappa shape index (κ1) is 11.6. The summed E-state index contributed by atoms with van der Waals surface area (Å²) in [6.07, 6.45) is 0.379. The van der Waals surface area contributed by atoms with Crippen molar-refractivity contribution in [1.82, 2.24) is 0 Å². The van der Waals surface area contributed by atoms with Gasteiger partial charge in [0.15, 0.2) is 6.10 Å². The molecule has 3 nitrogen and oxygen atoms in total. The highest BCUT2D eigenvalue weighted by atomic mass is 35.5. The third-order valence-corrected chi connectivity index (χ3v) is 2.96. The molecule has 1 aromatic carbocycles. The second-order valence-corrected chi connectivity index (χ2v) is 4.61. The van der Waals surface area contributed by atoms with Gasteiger partial charge in [0.25, 0.3) is 0 Å². The van der Waals surface area contributed by atoms with E-state index in [9.17, 15) is 0 Å². The second kappa shape index (κ2) is 4.93. The van der Waals surface area contributed by atoms with Gasteiger partial charge in [-0.15, -0.1) is 23.2 Å². The molecule has 1 atom stereocenters. The fourth-order valence-corrected chi connectivity index (χ4v) is 1.76. The van der Waals surface area contributed by atoms with Crippen molar-refractivity contribution >= 4 is 28.9 Å². The number of rotatable bonds is 3. The highest BCUT2D eigenvalue weighted by Gasteiger charge is 2.27. The molecule has 0 aromatic heterocycles. The average molecular weight is 260 g/mol. The molecular formula is C11H11Cl2NO2. The maximum absolute atomic E-state index is 5.73. The van der Waals surface area contributed by atoms with E-state index in [1.54, 1.807) is 7.11 Å². The Kier molecular flexibility index (Phi) is 3.56. The van der Waals surface area contributed by atoms with E-state index in [0.29, 0.717) is 6.42 Å². The molecule has 0 saturated carbocycles. The van der Waals surface area contributed by atoms with Gasteiger partial charge in [-0.25, -0.2) is 0 Å². The van der Waals surface area contributed by atoms with Gasteiger partial charge in [0.1, 0.15) is 10.6 Å². The Morgan fingerprint density at radius 3 is 2.56 bits per heavy atom. The van der Waals surface area contributed by atoms with E-state index in [4.69, 9.17) is 32.8 Å². The highest BCUT2D eigenvalue weighted by Crippen LogP contribution is 2.24. The number of nitrogens with zero attached hydrogens (tertiary/aromatic N) is 1. The van der Waals surface area contributed by atoms with Crippen molar-refractivity contribution in [3.8, 4) is 5.75 Å². The summed E-state index contributed by atoms with van der Waals surface area (Å²) in [6, 6.07) is 7.62. The molecule has 0 saturated heterocycles. The zero-order valence-corrected chi connectivity index (χ0v) is 10.2. The van der Waals surface area contributed by atoms with Gasteiger partial charge < -0.3 is 9.57 Å². The summed E-state index contributed by atoms with van der Waals surface area (Å²) in [7, 11) is 1.63. The van der Waals surface area contributed by atoms with Gasteiger partial charge in [-0.3, -0.25) is 0 Å². The molecule has 0 amide bonds. The minimum Gasteiger partial charge on any atom is -0.497 e. The molecule has 1 aliphatic rings. The third-order valence-electron chi connectivity index (χ3n) is 2.40. The summed E-state index contributed by atoms with van der Waals surface area (Å²) in [5.74, 6) is 0.812. The Bertz CT molecular complexity index is 389. The SMILES string of the molecule is COc1ccc(C2=NOC(C(Cl)Cl)C2)cc1. The predicted octanol–water partition coefficient (Wildman–Crippen LogP) is 2.99. The number of alkyl halides is 2. The molecule has 16 heavy (non-hydrogen) atoms. The zero-order valence-electron chi connectivity index (χ0n) is 8.69. The molecule has 1 heterocycles. The maximum Gasteiger partial charge on any atom is 0.163 e. The lowest BCUT2D eigenvalue weighted by molar-refractivity contribution is 0.0954. The number of oxime groups is 1. The Hall–Kier alpha value is -0.930. The van der Waals surface area contributed by atoms with Crippen LogP contribution in [-0.2, 0) is 4.84 Å². The first-order valence-corrected chi connectivity index (χ1v) is 5.73. The van der Waals surface area contributed by atoms with Crippen LogP contribution in [0.2, 0.25) is 0 Å². The van der Waals surface area contributed by atoms with Crippen molar-refractivity contribution in [3.05, 3.63) is 29.8 Å². The van der Waals surface area contributed by atoms with Crippen LogP contribution < -0.4 is 4.74 Å². The predicted molar refractivity (Wildman–Crippen MR) is 64.5 cm³/mol. The first-order chi connectivity index (χ1) is 7.70. The summed E-state index contributed by atoms with van der Waals surface area (Å²) in [4.78, 5) is 4.57.